The van der Waals surface area contributed by atoms with Crippen molar-refractivity contribution >= 4 is 5.97 Å². The third-order valence-corrected chi connectivity index (χ3v) is 4.14. The van der Waals surface area contributed by atoms with Gasteiger partial charge in [0.1, 0.15) is 5.75 Å². The minimum Gasteiger partial charge on any atom is -0.504 e. The number of aliphatic carboxylic acids is 1. The molecule has 0 amide bonds. The number of carboxylic acids is 1. The lowest BCUT2D eigenvalue weighted by Gasteiger charge is -2.30. The van der Waals surface area contributed by atoms with Crippen molar-refractivity contribution in [3.63, 3.8) is 0 Å². The lowest BCUT2D eigenvalue weighted by Crippen LogP contribution is -2.26. The van der Waals surface area contributed by atoms with E-state index in [1.165, 1.54) is 0 Å². The summed E-state index contributed by atoms with van der Waals surface area (Å²) in [7, 11) is 0. The van der Waals surface area contributed by atoms with Gasteiger partial charge in [-0.1, -0.05) is 0 Å². The van der Waals surface area contributed by atoms with Gasteiger partial charge in [0.05, 0.1) is 19.1 Å². The average Bonchev–Trinajstić information content (AvgIpc) is 2.51. The quantitative estimate of drug-likeness (QED) is 0.773. The fraction of sp³-hybridized carbons (Fsp3) is 0.533. The highest BCUT2D eigenvalue weighted by atomic mass is 16.5. The third-order valence-electron chi connectivity index (χ3n) is 4.14. The number of carboxylic acid groups (broad SMARTS) is 1. The molecule has 0 aliphatic carbocycles. The predicted octanol–water partition coefficient (Wildman–Crippen LogP) is 1.17. The number of benzene rings is 1. The predicted molar refractivity (Wildman–Crippen MR) is 75.2 cm³/mol. The van der Waals surface area contributed by atoms with E-state index < -0.39 is 11.9 Å². The van der Waals surface area contributed by atoms with Gasteiger partial charge in [0.15, 0.2) is 11.5 Å². The van der Waals surface area contributed by atoms with E-state index in [1.807, 2.05) is 0 Å². The van der Waals surface area contributed by atoms with E-state index in [0.717, 1.165) is 18.4 Å². The summed E-state index contributed by atoms with van der Waals surface area (Å²) in [6.45, 7) is 1.04. The van der Waals surface area contributed by atoms with Crippen molar-refractivity contribution in [1.82, 2.24) is 0 Å². The Morgan fingerprint density at radius 2 is 1.76 bits per heavy atom. The first-order valence-electron chi connectivity index (χ1n) is 7.24. The fourth-order valence-corrected chi connectivity index (χ4v) is 3.17. The molecule has 1 atom stereocenters. The summed E-state index contributed by atoms with van der Waals surface area (Å²) < 4.78 is 11.3. The van der Waals surface area contributed by atoms with Crippen molar-refractivity contribution in [3.05, 3.63) is 16.7 Å². The number of hydrogen-bond donors (Lipinski definition) is 3. The highest BCUT2D eigenvalue weighted by molar-refractivity contribution is 5.80. The van der Waals surface area contributed by atoms with Gasteiger partial charge in [-0.2, -0.15) is 0 Å². The van der Waals surface area contributed by atoms with Gasteiger partial charge in [-0.3, -0.25) is 4.79 Å². The van der Waals surface area contributed by atoms with E-state index in [-0.39, 0.29) is 12.3 Å². The zero-order valence-corrected chi connectivity index (χ0v) is 11.7. The van der Waals surface area contributed by atoms with Gasteiger partial charge in [-0.05, 0) is 25.7 Å². The third kappa shape index (κ3) is 2.19. The van der Waals surface area contributed by atoms with Crippen molar-refractivity contribution in [3.8, 4) is 17.2 Å². The number of hydrogen-bond acceptors (Lipinski definition) is 5. The van der Waals surface area contributed by atoms with Crippen LogP contribution in [0.15, 0.2) is 0 Å². The summed E-state index contributed by atoms with van der Waals surface area (Å²) in [6.07, 6.45) is 2.90. The van der Waals surface area contributed by atoms with Crippen LogP contribution in [0, 0.1) is 0 Å². The molecule has 0 spiro atoms. The number of aromatic hydroxyl groups is 1. The van der Waals surface area contributed by atoms with Crippen LogP contribution in [0.3, 0.4) is 0 Å². The van der Waals surface area contributed by atoms with Gasteiger partial charge >= 0.3 is 5.97 Å². The van der Waals surface area contributed by atoms with Crippen molar-refractivity contribution in [2.24, 2.45) is 5.73 Å². The maximum absolute atomic E-state index is 11.5. The first-order chi connectivity index (χ1) is 10.1. The molecule has 2 aliphatic rings. The summed E-state index contributed by atoms with van der Waals surface area (Å²) >= 11 is 0. The number of carbonyl (C=O) groups is 1. The first-order valence-corrected chi connectivity index (χ1v) is 7.24. The molecule has 21 heavy (non-hydrogen) atoms. The second-order valence-corrected chi connectivity index (χ2v) is 5.41. The normalized spacial score (nSPS) is 18.0. The highest BCUT2D eigenvalue weighted by Gasteiger charge is 2.34. The maximum atomic E-state index is 11.5. The summed E-state index contributed by atoms with van der Waals surface area (Å²) in [6, 6.07) is 0. The lowest BCUT2D eigenvalue weighted by atomic mass is 9.85. The fourth-order valence-electron chi connectivity index (χ4n) is 3.17. The molecule has 1 aromatic carbocycles. The van der Waals surface area contributed by atoms with Crippen LogP contribution in [0.1, 0.15) is 35.4 Å². The minimum absolute atomic E-state index is 0.0116. The number of ether oxygens (including phenoxy) is 2. The number of phenolic OH excluding ortho intramolecular Hbond substituents is 1. The highest BCUT2D eigenvalue weighted by Crippen LogP contribution is 2.49. The van der Waals surface area contributed by atoms with E-state index in [1.54, 1.807) is 0 Å². The topological polar surface area (TPSA) is 102 Å². The van der Waals surface area contributed by atoms with Gasteiger partial charge in [-0.25, -0.2) is 0 Å². The van der Waals surface area contributed by atoms with Crippen LogP contribution >= 0.6 is 0 Å². The zero-order chi connectivity index (χ0) is 15.0. The monoisotopic (exact) mass is 293 g/mol. The number of nitrogens with two attached hydrogens (primary N) is 1. The van der Waals surface area contributed by atoms with E-state index in [2.05, 4.69) is 0 Å². The van der Waals surface area contributed by atoms with Crippen molar-refractivity contribution in [2.75, 3.05) is 19.8 Å². The minimum atomic E-state index is -0.979. The van der Waals surface area contributed by atoms with Crippen LogP contribution < -0.4 is 15.2 Å². The molecule has 0 saturated heterocycles. The van der Waals surface area contributed by atoms with Crippen LogP contribution in [-0.2, 0) is 17.6 Å². The van der Waals surface area contributed by atoms with Crippen LogP contribution in [0.4, 0.5) is 0 Å². The Balaban J connectivity index is 2.27. The molecular weight excluding hydrogens is 274 g/mol. The Kier molecular flexibility index (Phi) is 3.63. The molecule has 6 heteroatoms. The molecule has 4 N–H and O–H groups in total. The summed E-state index contributed by atoms with van der Waals surface area (Å²) in [5.41, 5.74) is 7.64. The van der Waals surface area contributed by atoms with Gasteiger partial charge in [0.2, 0.25) is 0 Å². The molecule has 1 aromatic rings. The molecule has 2 aliphatic heterocycles. The van der Waals surface area contributed by atoms with Crippen molar-refractivity contribution < 1.29 is 24.5 Å². The molecule has 114 valence electrons. The van der Waals surface area contributed by atoms with E-state index in [0.29, 0.717) is 48.7 Å². The lowest BCUT2D eigenvalue weighted by molar-refractivity contribution is -0.138. The summed E-state index contributed by atoms with van der Waals surface area (Å²) in [5, 5.41) is 19.9. The summed E-state index contributed by atoms with van der Waals surface area (Å²) in [4.78, 5) is 11.5. The van der Waals surface area contributed by atoms with Crippen LogP contribution in [0.2, 0.25) is 0 Å². The van der Waals surface area contributed by atoms with Gasteiger partial charge in [0.25, 0.3) is 0 Å². The van der Waals surface area contributed by atoms with Crippen LogP contribution in [0.5, 0.6) is 17.2 Å². The van der Waals surface area contributed by atoms with E-state index >= 15 is 0 Å². The molecular formula is C15H19NO5. The Morgan fingerprint density at radius 3 is 2.38 bits per heavy atom. The van der Waals surface area contributed by atoms with E-state index in [4.69, 9.17) is 15.2 Å². The Hall–Kier alpha value is -1.95. The smallest absolute Gasteiger partial charge is 0.312 e. The van der Waals surface area contributed by atoms with Gasteiger partial charge in [-0.15, -0.1) is 0 Å². The number of fused-ring (bicyclic) bond motifs is 2. The van der Waals surface area contributed by atoms with Gasteiger partial charge in [0, 0.05) is 23.2 Å². The second kappa shape index (κ2) is 5.44. The number of phenols is 1. The molecule has 3 rings (SSSR count). The number of rotatable bonds is 3. The molecule has 0 aromatic heterocycles. The Bertz CT molecular complexity index is 547. The molecule has 0 radical (unpaired) electrons. The first kappa shape index (κ1) is 14.0. The Labute approximate surface area is 122 Å². The SMILES string of the molecule is NCC(C(=O)O)c1c2c(c(O)c3c1OCCC3)OCCC2. The molecule has 1 unspecified atom stereocenters. The van der Waals surface area contributed by atoms with Crippen LogP contribution in [0.25, 0.3) is 0 Å². The molecule has 0 saturated carbocycles. The van der Waals surface area contributed by atoms with Crippen molar-refractivity contribution in [1.29, 1.82) is 0 Å². The maximum Gasteiger partial charge on any atom is 0.312 e. The molecule has 0 bridgehead atoms. The van der Waals surface area contributed by atoms with Crippen molar-refractivity contribution in [2.45, 2.75) is 31.6 Å². The largest absolute Gasteiger partial charge is 0.504 e. The zero-order valence-electron chi connectivity index (χ0n) is 11.7. The molecule has 6 nitrogen and oxygen atoms in total. The summed E-state index contributed by atoms with van der Waals surface area (Å²) in [5.74, 6) is -0.800. The molecule has 2 heterocycles. The average molecular weight is 293 g/mol. The standard InChI is InChI=1S/C15H19NO5/c16-7-10(15(18)19)11-8-3-1-6-21-14(8)12(17)9-4-2-5-20-13(9)11/h10,17H,1-7,16H2,(H,18,19). The second-order valence-electron chi connectivity index (χ2n) is 5.41. The van der Waals surface area contributed by atoms with E-state index in [9.17, 15) is 15.0 Å². The van der Waals surface area contributed by atoms with Gasteiger partial charge < -0.3 is 25.4 Å². The van der Waals surface area contributed by atoms with Crippen LogP contribution in [-0.4, -0.2) is 35.9 Å². The molecule has 0 fully saturated rings. The Morgan fingerprint density at radius 1 is 1.14 bits per heavy atom.